The lowest BCUT2D eigenvalue weighted by atomic mass is 9.85. The largest absolute Gasteiger partial charge is 0.347 e. The molecule has 3 aliphatic rings. The van der Waals surface area contributed by atoms with Crippen LogP contribution in [-0.2, 0) is 20.9 Å². The normalized spacial score (nSPS) is 34.2. The average molecular weight is 284 g/mol. The minimum atomic E-state index is -0.636. The molecule has 2 saturated heterocycles. The van der Waals surface area contributed by atoms with E-state index in [0.29, 0.717) is 13.1 Å². The number of amides is 2. The Labute approximate surface area is 122 Å². The second kappa shape index (κ2) is 4.51. The highest BCUT2D eigenvalue weighted by Crippen LogP contribution is 2.40. The zero-order valence-corrected chi connectivity index (χ0v) is 11.5. The van der Waals surface area contributed by atoms with E-state index in [2.05, 4.69) is 5.32 Å². The van der Waals surface area contributed by atoms with Crippen LogP contribution in [0.5, 0.6) is 0 Å². The van der Waals surface area contributed by atoms with Crippen molar-refractivity contribution in [1.29, 1.82) is 0 Å². The first-order valence-corrected chi connectivity index (χ1v) is 7.17. The summed E-state index contributed by atoms with van der Waals surface area (Å²) in [5.74, 6) is -0.654. The Bertz CT molecular complexity index is 628. The summed E-state index contributed by atoms with van der Waals surface area (Å²) in [6, 6.07) is 9.58. The minimum absolute atomic E-state index is 0.115. The average Bonchev–Trinajstić information content (AvgIpc) is 3.18. The third kappa shape index (κ3) is 1.92. The van der Waals surface area contributed by atoms with Gasteiger partial charge in [-0.05, 0) is 11.6 Å². The van der Waals surface area contributed by atoms with Crippen LogP contribution in [0.15, 0.2) is 42.5 Å². The zero-order valence-electron chi connectivity index (χ0n) is 11.5. The van der Waals surface area contributed by atoms with E-state index in [1.165, 1.54) is 4.90 Å². The fourth-order valence-corrected chi connectivity index (χ4v) is 3.35. The topological polar surface area (TPSA) is 58.6 Å². The van der Waals surface area contributed by atoms with Gasteiger partial charge in [0.25, 0.3) is 0 Å². The van der Waals surface area contributed by atoms with Crippen LogP contribution in [0, 0.1) is 5.92 Å². The zero-order chi connectivity index (χ0) is 14.4. The molecular formula is C16H16N2O3. The molecule has 3 aliphatic heterocycles. The highest BCUT2D eigenvalue weighted by atomic mass is 16.5. The highest BCUT2D eigenvalue weighted by Gasteiger charge is 2.55. The lowest BCUT2D eigenvalue weighted by molar-refractivity contribution is -0.142. The maximum absolute atomic E-state index is 12.7. The summed E-state index contributed by atoms with van der Waals surface area (Å²) in [6.07, 6.45) is 3.97. The molecule has 0 aromatic heterocycles. The predicted molar refractivity (Wildman–Crippen MR) is 74.9 cm³/mol. The standard InChI is InChI=1S/C16H16N2O3/c19-14-8-12(16-7-6-13(21-16)17-10-16)15(20)18(14)9-11-4-2-1-3-5-11/h1-7,12-13,17H,8-10H2. The van der Waals surface area contributed by atoms with Crippen LogP contribution in [0.25, 0.3) is 0 Å². The molecule has 1 aromatic carbocycles. The van der Waals surface area contributed by atoms with Crippen molar-refractivity contribution in [3.05, 3.63) is 48.0 Å². The first-order valence-electron chi connectivity index (χ1n) is 7.17. The summed E-state index contributed by atoms with van der Waals surface area (Å²) in [5.41, 5.74) is 0.325. The number of imide groups is 1. The molecule has 2 amide bonds. The Morgan fingerprint density at radius 3 is 2.71 bits per heavy atom. The fraction of sp³-hybridized carbons (Fsp3) is 0.375. The fourth-order valence-electron chi connectivity index (χ4n) is 3.35. The molecule has 2 fully saturated rings. The van der Waals surface area contributed by atoms with Crippen molar-refractivity contribution in [2.24, 2.45) is 5.92 Å². The molecule has 1 aromatic rings. The van der Waals surface area contributed by atoms with Gasteiger partial charge in [0.15, 0.2) is 0 Å². The van der Waals surface area contributed by atoms with Gasteiger partial charge in [0, 0.05) is 13.0 Å². The van der Waals surface area contributed by atoms with E-state index in [1.807, 2.05) is 42.5 Å². The number of rotatable bonds is 3. The summed E-state index contributed by atoms with van der Waals surface area (Å²) in [5, 5.41) is 3.18. The van der Waals surface area contributed by atoms with Gasteiger partial charge in [0.2, 0.25) is 11.8 Å². The van der Waals surface area contributed by atoms with Crippen LogP contribution in [-0.4, -0.2) is 35.1 Å². The number of benzene rings is 1. The molecule has 5 nitrogen and oxygen atoms in total. The second-order valence-electron chi connectivity index (χ2n) is 5.79. The molecule has 0 saturated carbocycles. The minimum Gasteiger partial charge on any atom is -0.347 e. The number of carbonyl (C=O) groups is 2. The summed E-state index contributed by atoms with van der Waals surface area (Å²) in [7, 11) is 0. The Morgan fingerprint density at radius 2 is 2.10 bits per heavy atom. The van der Waals surface area contributed by atoms with Gasteiger partial charge in [0.1, 0.15) is 11.8 Å². The van der Waals surface area contributed by atoms with Crippen molar-refractivity contribution in [3.63, 3.8) is 0 Å². The molecule has 3 unspecified atom stereocenters. The maximum Gasteiger partial charge on any atom is 0.236 e. The van der Waals surface area contributed by atoms with Gasteiger partial charge >= 0.3 is 0 Å². The van der Waals surface area contributed by atoms with Gasteiger partial charge in [-0.3, -0.25) is 19.8 Å². The van der Waals surface area contributed by atoms with Gasteiger partial charge in [-0.2, -0.15) is 0 Å². The van der Waals surface area contributed by atoms with Crippen LogP contribution in [0.1, 0.15) is 12.0 Å². The highest BCUT2D eigenvalue weighted by molar-refractivity contribution is 6.04. The molecule has 5 heteroatoms. The van der Waals surface area contributed by atoms with Crippen molar-refractivity contribution < 1.29 is 14.3 Å². The van der Waals surface area contributed by atoms with Crippen molar-refractivity contribution in [2.45, 2.75) is 24.8 Å². The first-order chi connectivity index (χ1) is 10.2. The second-order valence-corrected chi connectivity index (χ2v) is 5.79. The van der Waals surface area contributed by atoms with Crippen LogP contribution in [0.3, 0.4) is 0 Å². The third-order valence-electron chi connectivity index (χ3n) is 4.50. The Hall–Kier alpha value is -1.98. The van der Waals surface area contributed by atoms with Crippen molar-refractivity contribution in [3.8, 4) is 0 Å². The quantitative estimate of drug-likeness (QED) is 0.659. The van der Waals surface area contributed by atoms with Crippen LogP contribution in [0.4, 0.5) is 0 Å². The Kier molecular flexibility index (Phi) is 2.74. The number of carbonyl (C=O) groups excluding carboxylic acids is 2. The number of hydrogen-bond acceptors (Lipinski definition) is 4. The smallest absolute Gasteiger partial charge is 0.236 e. The lowest BCUT2D eigenvalue weighted by Crippen LogP contribution is -2.44. The molecule has 108 valence electrons. The molecule has 0 radical (unpaired) electrons. The Balaban J connectivity index is 1.57. The van der Waals surface area contributed by atoms with Crippen LogP contribution < -0.4 is 5.32 Å². The number of ether oxygens (including phenoxy) is 1. The molecular weight excluding hydrogens is 268 g/mol. The summed E-state index contributed by atoms with van der Waals surface area (Å²) < 4.78 is 5.84. The third-order valence-corrected chi connectivity index (χ3v) is 4.50. The van der Waals surface area contributed by atoms with E-state index in [1.54, 1.807) is 0 Å². The lowest BCUT2D eigenvalue weighted by Gasteiger charge is -2.27. The van der Waals surface area contributed by atoms with E-state index in [4.69, 9.17) is 4.74 Å². The molecule has 0 spiro atoms. The summed E-state index contributed by atoms with van der Waals surface area (Å²) in [6.45, 7) is 0.933. The number of likely N-dealkylation sites (tertiary alicyclic amines) is 1. The molecule has 21 heavy (non-hydrogen) atoms. The van der Waals surface area contributed by atoms with E-state index in [-0.39, 0.29) is 24.5 Å². The van der Waals surface area contributed by atoms with Gasteiger partial charge in [-0.15, -0.1) is 0 Å². The number of nitrogens with one attached hydrogen (secondary N) is 1. The molecule has 3 atom stereocenters. The summed E-state index contributed by atoms with van der Waals surface area (Å²) in [4.78, 5) is 26.2. The maximum atomic E-state index is 12.7. The van der Waals surface area contributed by atoms with E-state index >= 15 is 0 Å². The van der Waals surface area contributed by atoms with Crippen molar-refractivity contribution in [1.82, 2.24) is 10.2 Å². The van der Waals surface area contributed by atoms with Crippen LogP contribution in [0.2, 0.25) is 0 Å². The first kappa shape index (κ1) is 12.7. The van der Waals surface area contributed by atoms with E-state index in [9.17, 15) is 9.59 Å². The van der Waals surface area contributed by atoms with Gasteiger partial charge in [-0.1, -0.05) is 36.4 Å². The molecule has 3 heterocycles. The number of nitrogens with zero attached hydrogens (tertiary/aromatic N) is 1. The molecule has 2 bridgehead atoms. The summed E-state index contributed by atoms with van der Waals surface area (Å²) >= 11 is 0. The SMILES string of the molecule is O=C1CC(C23C=CC(NC2)O3)C(=O)N1Cc1ccccc1. The predicted octanol–water partition coefficient (Wildman–Crippen LogP) is 0.816. The molecule has 0 aliphatic carbocycles. The van der Waals surface area contributed by atoms with E-state index < -0.39 is 11.5 Å². The van der Waals surface area contributed by atoms with Crippen LogP contribution >= 0.6 is 0 Å². The molecule has 4 rings (SSSR count). The van der Waals surface area contributed by atoms with Crippen molar-refractivity contribution >= 4 is 11.8 Å². The van der Waals surface area contributed by atoms with Gasteiger partial charge < -0.3 is 4.74 Å². The number of hydrogen-bond donors (Lipinski definition) is 1. The monoisotopic (exact) mass is 284 g/mol. The Morgan fingerprint density at radius 1 is 1.29 bits per heavy atom. The van der Waals surface area contributed by atoms with Crippen molar-refractivity contribution in [2.75, 3.05) is 6.54 Å². The molecule has 1 N–H and O–H groups in total. The van der Waals surface area contributed by atoms with E-state index in [0.717, 1.165) is 5.56 Å². The van der Waals surface area contributed by atoms with Gasteiger partial charge in [0.05, 0.1) is 12.5 Å². The number of fused-ring (bicyclic) bond motifs is 2. The van der Waals surface area contributed by atoms with Gasteiger partial charge in [-0.25, -0.2) is 0 Å².